The minimum atomic E-state index is -0.103. The molecule has 1 aliphatic carbocycles. The largest absolute Gasteiger partial charge is 0.496 e. The standard InChI is InChI=1S/C14H15N3OS2/c1-18-11-5-3-2-4-10(11)14(6-7-14)17-12(19)16-13-15-8-9-20-13/h2-5,8-9H,6-7H2,1H3,(H2,15,16,17,19). The Morgan fingerprint density at radius 2 is 2.20 bits per heavy atom. The number of benzene rings is 1. The van der Waals surface area contributed by atoms with Crippen molar-refractivity contribution in [3.63, 3.8) is 0 Å². The number of nitrogens with one attached hydrogen (secondary N) is 2. The molecule has 2 N–H and O–H groups in total. The van der Waals surface area contributed by atoms with Gasteiger partial charge in [0.25, 0.3) is 0 Å². The summed E-state index contributed by atoms with van der Waals surface area (Å²) >= 11 is 6.90. The maximum absolute atomic E-state index is 5.45. The number of aromatic nitrogens is 1. The Bertz CT molecular complexity index is 609. The van der Waals surface area contributed by atoms with Gasteiger partial charge >= 0.3 is 0 Å². The average molecular weight is 305 g/mol. The first-order valence-electron chi connectivity index (χ1n) is 6.36. The second-order valence-corrected chi connectivity index (χ2v) is 6.00. The van der Waals surface area contributed by atoms with E-state index >= 15 is 0 Å². The monoisotopic (exact) mass is 305 g/mol. The SMILES string of the molecule is COc1ccccc1C1(NC(=S)Nc2nccs2)CC1. The first-order valence-corrected chi connectivity index (χ1v) is 7.64. The molecule has 3 rings (SSSR count). The van der Waals surface area contributed by atoms with E-state index in [-0.39, 0.29) is 5.54 Å². The van der Waals surface area contributed by atoms with Gasteiger partial charge in [0.05, 0.1) is 12.6 Å². The summed E-state index contributed by atoms with van der Waals surface area (Å²) in [5.41, 5.74) is 1.05. The topological polar surface area (TPSA) is 46.2 Å². The lowest BCUT2D eigenvalue weighted by molar-refractivity contribution is 0.402. The van der Waals surface area contributed by atoms with Gasteiger partial charge in [-0.15, -0.1) is 11.3 Å². The number of thiocarbonyl (C=S) groups is 1. The highest BCUT2D eigenvalue weighted by molar-refractivity contribution is 7.80. The molecule has 2 aromatic rings. The van der Waals surface area contributed by atoms with Crippen molar-refractivity contribution < 1.29 is 4.74 Å². The van der Waals surface area contributed by atoms with E-state index in [1.165, 1.54) is 11.3 Å². The Balaban J connectivity index is 1.74. The van der Waals surface area contributed by atoms with Crippen molar-refractivity contribution in [3.8, 4) is 5.75 Å². The van der Waals surface area contributed by atoms with Gasteiger partial charge in [0.2, 0.25) is 0 Å². The number of ether oxygens (including phenoxy) is 1. The molecule has 0 atom stereocenters. The van der Waals surface area contributed by atoms with E-state index < -0.39 is 0 Å². The number of para-hydroxylation sites is 1. The molecule has 0 unspecified atom stereocenters. The smallest absolute Gasteiger partial charge is 0.188 e. The molecule has 1 heterocycles. The summed E-state index contributed by atoms with van der Waals surface area (Å²) in [7, 11) is 1.70. The average Bonchev–Trinajstić information content (AvgIpc) is 3.05. The molecule has 0 aliphatic heterocycles. The summed E-state index contributed by atoms with van der Waals surface area (Å²) in [6.07, 6.45) is 3.85. The number of nitrogens with zero attached hydrogens (tertiary/aromatic N) is 1. The third kappa shape index (κ3) is 2.62. The minimum absolute atomic E-state index is 0.103. The van der Waals surface area contributed by atoms with Gasteiger partial charge in [0.1, 0.15) is 5.75 Å². The van der Waals surface area contributed by atoms with E-state index in [0.29, 0.717) is 5.11 Å². The minimum Gasteiger partial charge on any atom is -0.496 e. The molecule has 4 nitrogen and oxygen atoms in total. The van der Waals surface area contributed by atoms with Crippen molar-refractivity contribution in [2.45, 2.75) is 18.4 Å². The second kappa shape index (κ2) is 5.38. The number of rotatable bonds is 4. The van der Waals surface area contributed by atoms with Gasteiger partial charge in [-0.2, -0.15) is 0 Å². The van der Waals surface area contributed by atoms with Crippen molar-refractivity contribution in [1.29, 1.82) is 0 Å². The number of hydrogen-bond acceptors (Lipinski definition) is 4. The number of anilines is 1. The zero-order valence-corrected chi connectivity index (χ0v) is 12.7. The van der Waals surface area contributed by atoms with Crippen LogP contribution in [-0.4, -0.2) is 17.2 Å². The summed E-state index contributed by atoms with van der Waals surface area (Å²) in [6.45, 7) is 0. The zero-order valence-electron chi connectivity index (χ0n) is 11.1. The van der Waals surface area contributed by atoms with E-state index in [1.54, 1.807) is 13.3 Å². The molecule has 1 aromatic carbocycles. The molecule has 1 saturated carbocycles. The summed E-state index contributed by atoms with van der Waals surface area (Å²) in [5.74, 6) is 0.898. The van der Waals surface area contributed by atoms with Crippen molar-refractivity contribution in [2.24, 2.45) is 0 Å². The van der Waals surface area contributed by atoms with E-state index in [0.717, 1.165) is 29.3 Å². The van der Waals surface area contributed by atoms with Gasteiger partial charge in [-0.25, -0.2) is 4.98 Å². The molecular formula is C14H15N3OS2. The fourth-order valence-corrected chi connectivity index (χ4v) is 3.15. The highest BCUT2D eigenvalue weighted by Crippen LogP contribution is 2.48. The van der Waals surface area contributed by atoms with Crippen molar-refractivity contribution >= 4 is 33.8 Å². The van der Waals surface area contributed by atoms with E-state index in [1.807, 2.05) is 23.6 Å². The first kappa shape index (κ1) is 13.3. The molecular weight excluding hydrogens is 290 g/mol. The highest BCUT2D eigenvalue weighted by Gasteiger charge is 2.46. The summed E-state index contributed by atoms with van der Waals surface area (Å²) in [6, 6.07) is 8.07. The Labute approximate surface area is 127 Å². The normalized spacial score (nSPS) is 15.4. The predicted octanol–water partition coefficient (Wildman–Crippen LogP) is 3.13. The molecule has 6 heteroatoms. The van der Waals surface area contributed by atoms with Gasteiger partial charge in [-0.05, 0) is 31.1 Å². The van der Waals surface area contributed by atoms with Crippen LogP contribution in [0.3, 0.4) is 0 Å². The van der Waals surface area contributed by atoms with Crippen LogP contribution in [0.5, 0.6) is 5.75 Å². The molecule has 1 aliphatic rings. The molecule has 0 bridgehead atoms. The molecule has 0 radical (unpaired) electrons. The molecule has 104 valence electrons. The second-order valence-electron chi connectivity index (χ2n) is 4.70. The number of hydrogen-bond donors (Lipinski definition) is 2. The Hall–Kier alpha value is -1.66. The molecule has 1 fully saturated rings. The lowest BCUT2D eigenvalue weighted by Gasteiger charge is -2.22. The Morgan fingerprint density at radius 3 is 2.85 bits per heavy atom. The lowest BCUT2D eigenvalue weighted by atomic mass is 10.0. The van der Waals surface area contributed by atoms with Crippen molar-refractivity contribution in [1.82, 2.24) is 10.3 Å². The van der Waals surface area contributed by atoms with Crippen LogP contribution in [0.1, 0.15) is 18.4 Å². The van der Waals surface area contributed by atoms with Gasteiger partial charge in [0.15, 0.2) is 10.2 Å². The van der Waals surface area contributed by atoms with Crippen LogP contribution in [0, 0.1) is 0 Å². The first-order chi connectivity index (χ1) is 9.73. The molecule has 0 amide bonds. The van der Waals surface area contributed by atoms with Gasteiger partial charge in [0, 0.05) is 17.1 Å². The highest BCUT2D eigenvalue weighted by atomic mass is 32.1. The third-order valence-electron chi connectivity index (χ3n) is 3.38. The Morgan fingerprint density at radius 1 is 1.40 bits per heavy atom. The van der Waals surface area contributed by atoms with Gasteiger partial charge < -0.3 is 15.4 Å². The van der Waals surface area contributed by atoms with Crippen LogP contribution in [0.15, 0.2) is 35.8 Å². The maximum atomic E-state index is 5.45. The van der Waals surface area contributed by atoms with Crippen molar-refractivity contribution in [2.75, 3.05) is 12.4 Å². The van der Waals surface area contributed by atoms with Crippen LogP contribution >= 0.6 is 23.6 Å². The molecule has 0 spiro atoms. The fourth-order valence-electron chi connectivity index (χ4n) is 2.26. The fraction of sp³-hybridized carbons (Fsp3) is 0.286. The van der Waals surface area contributed by atoms with E-state index in [4.69, 9.17) is 17.0 Å². The van der Waals surface area contributed by atoms with Crippen LogP contribution in [0.2, 0.25) is 0 Å². The van der Waals surface area contributed by atoms with E-state index in [2.05, 4.69) is 21.7 Å². The van der Waals surface area contributed by atoms with Crippen LogP contribution in [0.4, 0.5) is 5.13 Å². The maximum Gasteiger partial charge on any atom is 0.188 e. The molecule has 1 aromatic heterocycles. The van der Waals surface area contributed by atoms with Crippen LogP contribution in [-0.2, 0) is 5.54 Å². The van der Waals surface area contributed by atoms with Crippen LogP contribution < -0.4 is 15.4 Å². The van der Waals surface area contributed by atoms with E-state index in [9.17, 15) is 0 Å². The molecule has 0 saturated heterocycles. The number of thiazole rings is 1. The predicted molar refractivity (Wildman–Crippen MR) is 85.4 cm³/mol. The van der Waals surface area contributed by atoms with Crippen LogP contribution in [0.25, 0.3) is 0 Å². The number of methoxy groups -OCH3 is 1. The Kier molecular flexibility index (Phi) is 3.58. The summed E-state index contributed by atoms with van der Waals surface area (Å²) in [4.78, 5) is 4.17. The lowest BCUT2D eigenvalue weighted by Crippen LogP contribution is -2.38. The van der Waals surface area contributed by atoms with Gasteiger partial charge in [-0.1, -0.05) is 18.2 Å². The summed E-state index contributed by atoms with van der Waals surface area (Å²) < 4.78 is 5.45. The quantitative estimate of drug-likeness (QED) is 0.850. The third-order valence-corrected chi connectivity index (χ3v) is 4.27. The van der Waals surface area contributed by atoms with Crippen molar-refractivity contribution in [3.05, 3.63) is 41.4 Å². The summed E-state index contributed by atoms with van der Waals surface area (Å²) in [5, 5.41) is 9.83. The van der Waals surface area contributed by atoms with Gasteiger partial charge in [-0.3, -0.25) is 0 Å². The molecule has 20 heavy (non-hydrogen) atoms. The zero-order chi connectivity index (χ0) is 14.0.